The lowest BCUT2D eigenvalue weighted by atomic mass is 10.1. The van der Waals surface area contributed by atoms with Gasteiger partial charge in [-0.3, -0.25) is 9.59 Å². The summed E-state index contributed by atoms with van der Waals surface area (Å²) in [5.74, 6) is -1.85. The molecular formula is C18H17F3N2O5. The second-order valence-electron chi connectivity index (χ2n) is 5.40. The van der Waals surface area contributed by atoms with Gasteiger partial charge in [0.25, 0.3) is 5.91 Å². The van der Waals surface area contributed by atoms with E-state index in [0.717, 1.165) is 0 Å². The van der Waals surface area contributed by atoms with E-state index >= 15 is 0 Å². The van der Waals surface area contributed by atoms with Crippen LogP contribution in [0.5, 0.6) is 17.2 Å². The van der Waals surface area contributed by atoms with Crippen LogP contribution in [0.3, 0.4) is 0 Å². The van der Waals surface area contributed by atoms with Crippen LogP contribution in [0, 0.1) is 0 Å². The molecule has 2 N–H and O–H groups in total. The van der Waals surface area contributed by atoms with E-state index in [-0.39, 0.29) is 28.4 Å². The van der Waals surface area contributed by atoms with Crippen molar-refractivity contribution in [1.82, 2.24) is 0 Å². The van der Waals surface area contributed by atoms with Crippen LogP contribution in [-0.2, 0) is 4.79 Å². The molecule has 0 aliphatic rings. The lowest BCUT2D eigenvalue weighted by Crippen LogP contribution is -2.29. The average molecular weight is 398 g/mol. The second-order valence-corrected chi connectivity index (χ2v) is 5.40. The van der Waals surface area contributed by atoms with Gasteiger partial charge in [0.1, 0.15) is 0 Å². The highest BCUT2D eigenvalue weighted by atomic mass is 19.4. The Morgan fingerprint density at radius 1 is 0.857 bits per heavy atom. The van der Waals surface area contributed by atoms with Crippen LogP contribution < -0.4 is 24.8 Å². The van der Waals surface area contributed by atoms with Crippen LogP contribution in [0.15, 0.2) is 36.4 Å². The smallest absolute Gasteiger partial charge is 0.471 e. The van der Waals surface area contributed by atoms with E-state index in [4.69, 9.17) is 14.2 Å². The van der Waals surface area contributed by atoms with Crippen molar-refractivity contribution in [3.05, 3.63) is 42.0 Å². The Hall–Kier alpha value is -3.43. The fraction of sp³-hybridized carbons (Fsp3) is 0.222. The van der Waals surface area contributed by atoms with E-state index < -0.39 is 18.0 Å². The highest BCUT2D eigenvalue weighted by Gasteiger charge is 2.38. The molecule has 0 aromatic heterocycles. The number of carbonyl (C=O) groups excluding carboxylic acids is 2. The van der Waals surface area contributed by atoms with Crippen LogP contribution in [-0.4, -0.2) is 39.3 Å². The lowest BCUT2D eigenvalue weighted by Gasteiger charge is -2.14. The molecule has 0 saturated carbocycles. The van der Waals surface area contributed by atoms with Crippen molar-refractivity contribution in [2.75, 3.05) is 32.0 Å². The molecule has 2 aromatic rings. The van der Waals surface area contributed by atoms with Crippen molar-refractivity contribution in [3.8, 4) is 17.2 Å². The zero-order valence-corrected chi connectivity index (χ0v) is 15.1. The summed E-state index contributed by atoms with van der Waals surface area (Å²) in [6.07, 6.45) is -5.02. The normalized spacial score (nSPS) is 10.8. The molecular weight excluding hydrogens is 381 g/mol. The number of rotatable bonds is 6. The van der Waals surface area contributed by atoms with E-state index in [1.165, 1.54) is 57.7 Å². The molecule has 0 atom stereocenters. The summed E-state index contributed by atoms with van der Waals surface area (Å²) in [5.41, 5.74) is 0.225. The summed E-state index contributed by atoms with van der Waals surface area (Å²) in [6.45, 7) is 0. The Balaban J connectivity index is 2.24. The molecule has 0 fully saturated rings. The summed E-state index contributed by atoms with van der Waals surface area (Å²) < 4.78 is 52.6. The van der Waals surface area contributed by atoms with E-state index in [0.29, 0.717) is 5.75 Å². The predicted octanol–water partition coefficient (Wildman–Crippen LogP) is 3.47. The van der Waals surface area contributed by atoms with Gasteiger partial charge in [-0.2, -0.15) is 13.2 Å². The maximum absolute atomic E-state index is 12.5. The quantitative estimate of drug-likeness (QED) is 0.778. The van der Waals surface area contributed by atoms with Crippen molar-refractivity contribution in [2.24, 2.45) is 0 Å². The molecule has 150 valence electrons. The molecule has 2 amide bonds. The third-order valence-electron chi connectivity index (χ3n) is 3.56. The minimum Gasteiger partial charge on any atom is -0.493 e. The summed E-state index contributed by atoms with van der Waals surface area (Å²) >= 11 is 0. The topological polar surface area (TPSA) is 85.9 Å². The number of carbonyl (C=O) groups is 2. The largest absolute Gasteiger partial charge is 0.493 e. The molecule has 0 aliphatic heterocycles. The maximum atomic E-state index is 12.5. The van der Waals surface area contributed by atoms with Gasteiger partial charge in [0.15, 0.2) is 11.5 Å². The van der Waals surface area contributed by atoms with Crippen LogP contribution in [0.1, 0.15) is 10.4 Å². The minimum atomic E-state index is -5.02. The first-order valence-electron chi connectivity index (χ1n) is 7.79. The summed E-state index contributed by atoms with van der Waals surface area (Å²) in [4.78, 5) is 23.5. The molecule has 0 saturated heterocycles. The summed E-state index contributed by atoms with van der Waals surface area (Å²) in [7, 11) is 4.21. The molecule has 0 spiro atoms. The Morgan fingerprint density at radius 2 is 1.39 bits per heavy atom. The molecule has 28 heavy (non-hydrogen) atoms. The Morgan fingerprint density at radius 3 is 1.86 bits per heavy atom. The van der Waals surface area contributed by atoms with Crippen molar-refractivity contribution in [1.29, 1.82) is 0 Å². The van der Waals surface area contributed by atoms with Crippen molar-refractivity contribution >= 4 is 23.2 Å². The van der Waals surface area contributed by atoms with E-state index in [2.05, 4.69) is 5.32 Å². The van der Waals surface area contributed by atoms with Gasteiger partial charge >= 0.3 is 12.1 Å². The standard InChI is InChI=1S/C18H17F3N2O5/c1-26-13-7-10(8-14(27-2)15(13)28-3)16(24)22-11-5-4-6-12(9-11)23-17(25)18(19,20)21/h4-9H,1-3H3,(H,22,24)(H,23,25). The van der Waals surface area contributed by atoms with Crippen LogP contribution in [0.4, 0.5) is 24.5 Å². The first-order valence-corrected chi connectivity index (χ1v) is 7.79. The molecule has 0 unspecified atom stereocenters. The van der Waals surface area contributed by atoms with Gasteiger partial charge in [-0.25, -0.2) is 0 Å². The highest BCUT2D eigenvalue weighted by molar-refractivity contribution is 6.05. The molecule has 0 heterocycles. The lowest BCUT2D eigenvalue weighted by molar-refractivity contribution is -0.167. The number of alkyl halides is 3. The van der Waals surface area contributed by atoms with Gasteiger partial charge < -0.3 is 24.8 Å². The van der Waals surface area contributed by atoms with Gasteiger partial charge in [-0.15, -0.1) is 0 Å². The molecule has 10 heteroatoms. The first kappa shape index (κ1) is 20.9. The number of nitrogens with one attached hydrogen (secondary N) is 2. The number of anilines is 2. The first-order chi connectivity index (χ1) is 13.2. The Kier molecular flexibility index (Phi) is 6.34. The Bertz CT molecular complexity index is 859. The van der Waals surface area contributed by atoms with Crippen LogP contribution >= 0.6 is 0 Å². The molecule has 0 radical (unpaired) electrons. The number of halogens is 3. The second kappa shape index (κ2) is 8.51. The van der Waals surface area contributed by atoms with E-state index in [1.807, 2.05) is 0 Å². The summed E-state index contributed by atoms with van der Waals surface area (Å²) in [5, 5.41) is 4.24. The van der Waals surface area contributed by atoms with E-state index in [9.17, 15) is 22.8 Å². The summed E-state index contributed by atoms with van der Waals surface area (Å²) in [6, 6.07) is 8.14. The third-order valence-corrected chi connectivity index (χ3v) is 3.56. The van der Waals surface area contributed by atoms with Gasteiger partial charge in [-0.05, 0) is 30.3 Å². The molecule has 0 bridgehead atoms. The molecule has 0 aliphatic carbocycles. The number of hydrogen-bond acceptors (Lipinski definition) is 5. The van der Waals surface area contributed by atoms with Crippen molar-refractivity contribution in [2.45, 2.75) is 6.18 Å². The van der Waals surface area contributed by atoms with Gasteiger partial charge in [0.05, 0.1) is 21.3 Å². The number of benzene rings is 2. The zero-order valence-electron chi connectivity index (χ0n) is 15.1. The van der Waals surface area contributed by atoms with Gasteiger partial charge in [-0.1, -0.05) is 6.07 Å². The van der Waals surface area contributed by atoms with Gasteiger partial charge in [0, 0.05) is 16.9 Å². The number of ether oxygens (including phenoxy) is 3. The highest BCUT2D eigenvalue weighted by Crippen LogP contribution is 2.38. The third kappa shape index (κ3) is 4.84. The number of methoxy groups -OCH3 is 3. The Labute approximate surface area is 158 Å². The minimum absolute atomic E-state index is 0.120. The van der Waals surface area contributed by atoms with Crippen LogP contribution in [0.2, 0.25) is 0 Å². The molecule has 2 aromatic carbocycles. The van der Waals surface area contributed by atoms with Gasteiger partial charge in [0.2, 0.25) is 5.75 Å². The monoisotopic (exact) mass is 398 g/mol. The van der Waals surface area contributed by atoms with Crippen molar-refractivity contribution in [3.63, 3.8) is 0 Å². The maximum Gasteiger partial charge on any atom is 0.471 e. The fourth-order valence-corrected chi connectivity index (χ4v) is 2.29. The van der Waals surface area contributed by atoms with E-state index in [1.54, 1.807) is 5.32 Å². The average Bonchev–Trinajstić information content (AvgIpc) is 2.66. The number of amides is 2. The molecule has 2 rings (SSSR count). The van der Waals surface area contributed by atoms with Crippen LogP contribution in [0.25, 0.3) is 0 Å². The molecule has 7 nitrogen and oxygen atoms in total. The zero-order chi connectivity index (χ0) is 20.9. The predicted molar refractivity (Wildman–Crippen MR) is 95.2 cm³/mol. The van der Waals surface area contributed by atoms with Crippen molar-refractivity contribution < 1.29 is 37.0 Å². The fourth-order valence-electron chi connectivity index (χ4n) is 2.29. The SMILES string of the molecule is COc1cc(C(=O)Nc2cccc(NC(=O)C(F)(F)F)c2)cc(OC)c1OC. The number of hydrogen-bond donors (Lipinski definition) is 2.